The topological polar surface area (TPSA) is 81.5 Å². The normalized spacial score (nSPS) is 10.3. The predicted molar refractivity (Wildman–Crippen MR) is 48.2 cm³/mol. The van der Waals surface area contributed by atoms with Crippen molar-refractivity contribution in [2.75, 3.05) is 5.73 Å². The number of hydrogen-bond donors (Lipinski definition) is 2. The summed E-state index contributed by atoms with van der Waals surface area (Å²) in [6, 6.07) is 6.88. The first-order valence-corrected chi connectivity index (χ1v) is 3.37. The molecule has 0 saturated heterocycles. The molecule has 12 heavy (non-hydrogen) atoms. The summed E-state index contributed by atoms with van der Waals surface area (Å²) in [6.45, 7) is 0. The van der Waals surface area contributed by atoms with Crippen LogP contribution in [0.1, 0.15) is 0 Å². The van der Waals surface area contributed by atoms with Gasteiger partial charge in [-0.3, -0.25) is 9.79 Å². The van der Waals surface area contributed by atoms with E-state index >= 15 is 0 Å². The van der Waals surface area contributed by atoms with Crippen molar-refractivity contribution in [3.05, 3.63) is 24.3 Å². The van der Waals surface area contributed by atoms with Crippen molar-refractivity contribution in [2.45, 2.75) is 0 Å². The second-order valence-electron chi connectivity index (χ2n) is 2.26. The first-order chi connectivity index (χ1) is 5.68. The molecule has 0 aromatic heterocycles. The van der Waals surface area contributed by atoms with Crippen molar-refractivity contribution < 1.29 is 4.79 Å². The van der Waals surface area contributed by atoms with Crippen LogP contribution in [-0.4, -0.2) is 12.1 Å². The van der Waals surface area contributed by atoms with E-state index in [1.807, 2.05) is 0 Å². The summed E-state index contributed by atoms with van der Waals surface area (Å²) in [6.07, 6.45) is 1.05. The third kappa shape index (κ3) is 2.42. The number of rotatable bonds is 2. The molecule has 4 N–H and O–H groups in total. The summed E-state index contributed by atoms with van der Waals surface area (Å²) in [5.41, 5.74) is 11.6. The first-order valence-electron chi connectivity index (χ1n) is 3.37. The quantitative estimate of drug-likeness (QED) is 0.490. The van der Waals surface area contributed by atoms with Gasteiger partial charge in [0.25, 0.3) is 5.91 Å². The van der Waals surface area contributed by atoms with Crippen molar-refractivity contribution in [3.63, 3.8) is 0 Å². The number of nitrogen functional groups attached to an aromatic ring is 1. The maximum absolute atomic E-state index is 10.3. The van der Waals surface area contributed by atoms with Crippen molar-refractivity contribution >= 4 is 23.5 Å². The number of primary amides is 1. The number of nitrogens with zero attached hydrogens (tertiary/aromatic N) is 1. The van der Waals surface area contributed by atoms with Gasteiger partial charge in [0, 0.05) is 5.69 Å². The van der Waals surface area contributed by atoms with E-state index < -0.39 is 5.91 Å². The lowest BCUT2D eigenvalue weighted by Crippen LogP contribution is -2.10. The minimum atomic E-state index is -0.572. The Morgan fingerprint density at radius 2 is 2.25 bits per heavy atom. The third-order valence-electron chi connectivity index (χ3n) is 1.21. The zero-order chi connectivity index (χ0) is 8.97. The minimum Gasteiger partial charge on any atom is -0.399 e. The van der Waals surface area contributed by atoms with Crippen LogP contribution in [0, 0.1) is 0 Å². The predicted octanol–water partition coefficient (Wildman–Crippen LogP) is 0.456. The molecule has 62 valence electrons. The molecule has 0 fully saturated rings. The number of nitrogens with two attached hydrogens (primary N) is 2. The van der Waals surface area contributed by atoms with E-state index in [9.17, 15) is 4.79 Å². The molecule has 0 bridgehead atoms. The number of amides is 1. The summed E-state index contributed by atoms with van der Waals surface area (Å²) in [5.74, 6) is -0.572. The summed E-state index contributed by atoms with van der Waals surface area (Å²) in [5, 5.41) is 0. The van der Waals surface area contributed by atoms with Crippen molar-refractivity contribution in [1.29, 1.82) is 0 Å². The van der Waals surface area contributed by atoms with Crippen molar-refractivity contribution in [1.82, 2.24) is 0 Å². The van der Waals surface area contributed by atoms with Crippen LogP contribution in [0.15, 0.2) is 29.3 Å². The zero-order valence-electron chi connectivity index (χ0n) is 6.40. The number of aliphatic imine (C=N–C) groups is 1. The van der Waals surface area contributed by atoms with Gasteiger partial charge in [0.2, 0.25) is 0 Å². The van der Waals surface area contributed by atoms with E-state index in [0.717, 1.165) is 6.21 Å². The van der Waals surface area contributed by atoms with E-state index in [1.165, 1.54) is 0 Å². The summed E-state index contributed by atoms with van der Waals surface area (Å²) in [4.78, 5) is 14.1. The number of benzene rings is 1. The van der Waals surface area contributed by atoms with Crippen LogP contribution < -0.4 is 11.5 Å². The summed E-state index contributed by atoms with van der Waals surface area (Å²) >= 11 is 0. The van der Waals surface area contributed by atoms with Crippen LogP contribution in [-0.2, 0) is 4.79 Å². The second-order valence-corrected chi connectivity index (χ2v) is 2.26. The fraction of sp³-hybridized carbons (Fsp3) is 0. The van der Waals surface area contributed by atoms with Gasteiger partial charge in [-0.15, -0.1) is 0 Å². The molecule has 1 amide bonds. The smallest absolute Gasteiger partial charge is 0.259 e. The highest BCUT2D eigenvalue weighted by atomic mass is 16.1. The molecule has 1 rings (SSSR count). The standard InChI is InChI=1S/C8H9N3O/c9-6-2-1-3-7(4-6)11-5-8(10)12/h1-5H,9H2,(H2,10,12). The lowest BCUT2D eigenvalue weighted by molar-refractivity contribution is -0.111. The van der Waals surface area contributed by atoms with Gasteiger partial charge in [0.05, 0.1) is 11.9 Å². The molecule has 0 aliphatic rings. The number of carbonyl (C=O) groups excluding carboxylic acids is 1. The minimum absolute atomic E-state index is 0.572. The molecule has 0 aliphatic heterocycles. The Hall–Kier alpha value is -1.84. The van der Waals surface area contributed by atoms with Crippen molar-refractivity contribution in [2.24, 2.45) is 10.7 Å². The van der Waals surface area contributed by atoms with E-state index in [2.05, 4.69) is 4.99 Å². The third-order valence-corrected chi connectivity index (χ3v) is 1.21. The van der Waals surface area contributed by atoms with E-state index in [1.54, 1.807) is 24.3 Å². The lowest BCUT2D eigenvalue weighted by atomic mass is 10.3. The molecular formula is C8H9N3O. The van der Waals surface area contributed by atoms with Gasteiger partial charge in [-0.2, -0.15) is 0 Å². The van der Waals surface area contributed by atoms with Crippen molar-refractivity contribution in [3.8, 4) is 0 Å². The highest BCUT2D eigenvalue weighted by Crippen LogP contribution is 2.14. The van der Waals surface area contributed by atoms with Gasteiger partial charge in [0.15, 0.2) is 0 Å². The average molecular weight is 163 g/mol. The highest BCUT2D eigenvalue weighted by molar-refractivity contribution is 6.25. The first kappa shape index (κ1) is 8.26. The van der Waals surface area contributed by atoms with Gasteiger partial charge in [-0.1, -0.05) is 6.07 Å². The largest absolute Gasteiger partial charge is 0.399 e. The number of carbonyl (C=O) groups is 1. The molecular weight excluding hydrogens is 154 g/mol. The highest BCUT2D eigenvalue weighted by Gasteiger charge is 1.89. The fourth-order valence-corrected chi connectivity index (χ4v) is 0.743. The SMILES string of the molecule is NC(=O)C=Nc1cccc(N)c1. The average Bonchev–Trinajstić information content (AvgIpc) is 2.01. The Morgan fingerprint density at radius 1 is 1.50 bits per heavy atom. The Bertz CT molecular complexity index is 320. The molecule has 0 atom stereocenters. The summed E-state index contributed by atoms with van der Waals surface area (Å²) in [7, 11) is 0. The van der Waals surface area contributed by atoms with E-state index in [-0.39, 0.29) is 0 Å². The number of hydrogen-bond acceptors (Lipinski definition) is 3. The molecule has 4 nitrogen and oxygen atoms in total. The monoisotopic (exact) mass is 163 g/mol. The van der Waals surface area contributed by atoms with Crippen LogP contribution in [0.25, 0.3) is 0 Å². The molecule has 0 heterocycles. The zero-order valence-corrected chi connectivity index (χ0v) is 6.40. The van der Waals surface area contributed by atoms with Crippen LogP contribution in [0.4, 0.5) is 11.4 Å². The Balaban J connectivity index is 2.83. The van der Waals surface area contributed by atoms with Gasteiger partial charge in [-0.05, 0) is 18.2 Å². The van der Waals surface area contributed by atoms with Crippen LogP contribution >= 0.6 is 0 Å². The maximum Gasteiger partial charge on any atom is 0.259 e. The Labute approximate surface area is 69.9 Å². The van der Waals surface area contributed by atoms with E-state index in [0.29, 0.717) is 11.4 Å². The molecule has 1 aromatic carbocycles. The van der Waals surface area contributed by atoms with Gasteiger partial charge in [-0.25, -0.2) is 0 Å². The molecule has 0 saturated carbocycles. The fourth-order valence-electron chi connectivity index (χ4n) is 0.743. The molecule has 0 aliphatic carbocycles. The van der Waals surface area contributed by atoms with Gasteiger partial charge in [0.1, 0.15) is 0 Å². The van der Waals surface area contributed by atoms with Gasteiger partial charge >= 0.3 is 0 Å². The Morgan fingerprint density at radius 3 is 2.83 bits per heavy atom. The molecule has 1 aromatic rings. The maximum atomic E-state index is 10.3. The van der Waals surface area contributed by atoms with E-state index in [4.69, 9.17) is 11.5 Å². The number of anilines is 1. The van der Waals surface area contributed by atoms with Crippen LogP contribution in [0.5, 0.6) is 0 Å². The second kappa shape index (κ2) is 3.52. The lowest BCUT2D eigenvalue weighted by Gasteiger charge is -1.93. The summed E-state index contributed by atoms with van der Waals surface area (Å²) < 4.78 is 0. The molecule has 0 unspecified atom stereocenters. The Kier molecular flexibility index (Phi) is 2.42. The van der Waals surface area contributed by atoms with Crippen LogP contribution in [0.3, 0.4) is 0 Å². The molecule has 0 radical (unpaired) electrons. The molecule has 4 heteroatoms. The molecule has 0 spiro atoms. The van der Waals surface area contributed by atoms with Gasteiger partial charge < -0.3 is 11.5 Å². The van der Waals surface area contributed by atoms with Crippen LogP contribution in [0.2, 0.25) is 0 Å².